The largest absolute Gasteiger partial charge is 0.403 e. The molecule has 0 unspecified atom stereocenters. The maximum Gasteiger partial charge on any atom is 0.403 e. The number of hydrogen-bond donors (Lipinski definition) is 1. The lowest BCUT2D eigenvalue weighted by Gasteiger charge is -2.23. The first kappa shape index (κ1) is 7.22. The molecule has 0 aromatic heterocycles. The first-order chi connectivity index (χ1) is 4.10. The molecule has 0 bridgehead atoms. The molecule has 0 aliphatic carbocycles. The Kier molecular flexibility index (Phi) is 1.91. The Labute approximate surface area is 53.9 Å². The summed E-state index contributed by atoms with van der Waals surface area (Å²) in [5, 5.41) is 0. The van der Waals surface area contributed by atoms with Crippen LogP contribution in [0.25, 0.3) is 0 Å². The van der Waals surface area contributed by atoms with Crippen LogP contribution in [-0.2, 0) is 13.6 Å². The summed E-state index contributed by atoms with van der Waals surface area (Å²) in [6.07, 6.45) is 0.732. The number of nitrogens with two attached hydrogens (primary N) is 1. The molecule has 4 nitrogen and oxygen atoms in total. The molecular weight excluding hydrogens is 141 g/mol. The average Bonchev–Trinajstić information content (AvgIpc) is 1.60. The Morgan fingerprint density at radius 1 is 1.78 bits per heavy atom. The molecule has 0 saturated carbocycles. The van der Waals surface area contributed by atoms with E-state index in [1.807, 2.05) is 6.92 Å². The van der Waals surface area contributed by atoms with Gasteiger partial charge in [0.1, 0.15) is 0 Å². The van der Waals surface area contributed by atoms with E-state index in [0.29, 0.717) is 6.61 Å². The lowest BCUT2D eigenvalue weighted by Crippen LogP contribution is -2.20. The molecule has 5 heteroatoms. The molecule has 0 aromatic rings. The van der Waals surface area contributed by atoms with E-state index in [0.717, 1.165) is 6.42 Å². The van der Waals surface area contributed by atoms with Crippen molar-refractivity contribution >= 4 is 7.75 Å². The quantitative estimate of drug-likeness (QED) is 0.522. The lowest BCUT2D eigenvalue weighted by molar-refractivity contribution is 0.0926. The predicted molar refractivity (Wildman–Crippen MR) is 32.9 cm³/mol. The fourth-order valence-corrected chi connectivity index (χ4v) is 1.71. The van der Waals surface area contributed by atoms with Gasteiger partial charge >= 0.3 is 7.75 Å². The summed E-state index contributed by atoms with van der Waals surface area (Å²) in [5.41, 5.74) is 5.08. The van der Waals surface area contributed by atoms with Gasteiger partial charge in [-0.3, -0.25) is 9.05 Å². The van der Waals surface area contributed by atoms with Gasteiger partial charge in [-0.2, -0.15) is 0 Å². The highest BCUT2D eigenvalue weighted by atomic mass is 31.2. The Balaban J connectivity index is 2.51. The van der Waals surface area contributed by atoms with E-state index >= 15 is 0 Å². The minimum Gasteiger partial charge on any atom is -0.297 e. The van der Waals surface area contributed by atoms with Crippen LogP contribution in [-0.4, -0.2) is 12.7 Å². The average molecular weight is 151 g/mol. The molecule has 1 fully saturated rings. The second-order valence-electron chi connectivity index (χ2n) is 2.08. The van der Waals surface area contributed by atoms with E-state index in [4.69, 9.17) is 10.0 Å². The zero-order valence-corrected chi connectivity index (χ0v) is 6.14. The van der Waals surface area contributed by atoms with Gasteiger partial charge in [-0.1, -0.05) is 0 Å². The zero-order chi connectivity index (χ0) is 6.91. The van der Waals surface area contributed by atoms with E-state index < -0.39 is 7.75 Å². The summed E-state index contributed by atoms with van der Waals surface area (Å²) in [6, 6.07) is 0. The summed E-state index contributed by atoms with van der Waals surface area (Å²) in [6.45, 7) is 2.26. The van der Waals surface area contributed by atoms with Crippen molar-refractivity contribution in [2.24, 2.45) is 5.50 Å². The van der Waals surface area contributed by atoms with Crippen molar-refractivity contribution in [1.29, 1.82) is 0 Å². The maximum atomic E-state index is 10.8. The van der Waals surface area contributed by atoms with Gasteiger partial charge in [0.05, 0.1) is 12.7 Å². The SMILES string of the molecule is C[C@@H]1CCO[P@@](N)(=O)O1. The minimum absolute atomic E-state index is 0.0328. The third-order valence-electron chi connectivity index (χ3n) is 1.12. The molecule has 9 heavy (non-hydrogen) atoms. The van der Waals surface area contributed by atoms with Gasteiger partial charge in [-0.25, -0.2) is 10.1 Å². The van der Waals surface area contributed by atoms with Crippen LogP contribution in [0.2, 0.25) is 0 Å². The molecule has 0 amide bonds. The van der Waals surface area contributed by atoms with Crippen molar-refractivity contribution in [3.8, 4) is 0 Å². The molecule has 0 radical (unpaired) electrons. The summed E-state index contributed by atoms with van der Waals surface area (Å²) in [7, 11) is -3.14. The van der Waals surface area contributed by atoms with Crippen molar-refractivity contribution in [3.63, 3.8) is 0 Å². The van der Waals surface area contributed by atoms with E-state index in [1.165, 1.54) is 0 Å². The first-order valence-corrected chi connectivity index (χ1v) is 4.43. The van der Waals surface area contributed by atoms with E-state index in [-0.39, 0.29) is 6.10 Å². The van der Waals surface area contributed by atoms with Crippen LogP contribution in [0.5, 0.6) is 0 Å². The molecule has 1 heterocycles. The molecule has 2 N–H and O–H groups in total. The Morgan fingerprint density at radius 2 is 2.44 bits per heavy atom. The van der Waals surface area contributed by atoms with Gasteiger partial charge in [0.2, 0.25) is 0 Å². The van der Waals surface area contributed by atoms with Gasteiger partial charge in [0.15, 0.2) is 0 Å². The summed E-state index contributed by atoms with van der Waals surface area (Å²) >= 11 is 0. The third kappa shape index (κ3) is 2.06. The van der Waals surface area contributed by atoms with Crippen LogP contribution in [0.1, 0.15) is 13.3 Å². The zero-order valence-electron chi connectivity index (χ0n) is 5.24. The second kappa shape index (κ2) is 2.39. The molecule has 1 saturated heterocycles. The fourth-order valence-electron chi connectivity index (χ4n) is 0.680. The van der Waals surface area contributed by atoms with Crippen molar-refractivity contribution < 1.29 is 13.6 Å². The van der Waals surface area contributed by atoms with Crippen LogP contribution in [0.15, 0.2) is 0 Å². The van der Waals surface area contributed by atoms with Crippen molar-refractivity contribution in [3.05, 3.63) is 0 Å². The number of hydrogen-bond acceptors (Lipinski definition) is 3. The summed E-state index contributed by atoms with van der Waals surface area (Å²) < 4.78 is 20.2. The number of rotatable bonds is 0. The van der Waals surface area contributed by atoms with E-state index in [2.05, 4.69) is 4.52 Å². The van der Waals surface area contributed by atoms with Gasteiger partial charge in [0.25, 0.3) is 0 Å². The lowest BCUT2D eigenvalue weighted by atomic mass is 10.3. The smallest absolute Gasteiger partial charge is 0.297 e. The maximum absolute atomic E-state index is 10.8. The molecular formula is C4H10NO3P. The Bertz CT molecular complexity index is 149. The van der Waals surface area contributed by atoms with Crippen LogP contribution in [0.4, 0.5) is 0 Å². The van der Waals surface area contributed by atoms with E-state index in [1.54, 1.807) is 0 Å². The fraction of sp³-hybridized carbons (Fsp3) is 1.00. The Hall–Kier alpha value is 0.110. The van der Waals surface area contributed by atoms with Crippen molar-refractivity contribution in [2.45, 2.75) is 19.4 Å². The molecule has 2 atom stereocenters. The standard InChI is InChI=1S/C4H10NO3P/c1-4-2-3-7-9(5,6)8-4/h4H,2-3H2,1H3,(H2,5,6)/t4-,9-/m1/s1. The molecule has 0 spiro atoms. The molecule has 1 rings (SSSR count). The predicted octanol–water partition coefficient (Wildman–Crippen LogP) is 0.879. The molecule has 1 aliphatic heterocycles. The highest BCUT2D eigenvalue weighted by Crippen LogP contribution is 2.44. The second-order valence-corrected chi connectivity index (χ2v) is 3.63. The van der Waals surface area contributed by atoms with Gasteiger partial charge in [0, 0.05) is 0 Å². The van der Waals surface area contributed by atoms with Crippen LogP contribution < -0.4 is 5.50 Å². The molecule has 1 aliphatic rings. The van der Waals surface area contributed by atoms with Crippen molar-refractivity contribution in [2.75, 3.05) is 6.61 Å². The van der Waals surface area contributed by atoms with Crippen LogP contribution in [0, 0.1) is 0 Å². The monoisotopic (exact) mass is 151 g/mol. The van der Waals surface area contributed by atoms with Crippen LogP contribution in [0.3, 0.4) is 0 Å². The normalized spacial score (nSPS) is 44.9. The topological polar surface area (TPSA) is 61.5 Å². The van der Waals surface area contributed by atoms with Crippen LogP contribution >= 0.6 is 7.75 Å². The molecule has 0 aromatic carbocycles. The summed E-state index contributed by atoms with van der Waals surface area (Å²) in [4.78, 5) is 0. The van der Waals surface area contributed by atoms with Gasteiger partial charge in [-0.05, 0) is 13.3 Å². The minimum atomic E-state index is -3.14. The third-order valence-corrected chi connectivity index (χ3v) is 2.32. The van der Waals surface area contributed by atoms with E-state index in [9.17, 15) is 4.57 Å². The summed E-state index contributed by atoms with van der Waals surface area (Å²) in [5.74, 6) is 0. The highest BCUT2D eigenvalue weighted by molar-refractivity contribution is 7.51. The van der Waals surface area contributed by atoms with Gasteiger partial charge in [-0.15, -0.1) is 0 Å². The van der Waals surface area contributed by atoms with Gasteiger partial charge < -0.3 is 0 Å². The Morgan fingerprint density at radius 3 is 2.78 bits per heavy atom. The highest BCUT2D eigenvalue weighted by Gasteiger charge is 2.26. The van der Waals surface area contributed by atoms with Crippen molar-refractivity contribution in [1.82, 2.24) is 0 Å². The molecule has 54 valence electrons. The first-order valence-electron chi connectivity index (χ1n) is 2.82.